The fourth-order valence-electron chi connectivity index (χ4n) is 4.36. The number of benzene rings is 2. The maximum atomic E-state index is 2.60. The molecule has 2 aromatic carbocycles. The van der Waals surface area contributed by atoms with Crippen molar-refractivity contribution in [2.45, 2.75) is 39.5 Å². The Balaban J connectivity index is 1.87. The van der Waals surface area contributed by atoms with E-state index in [9.17, 15) is 0 Å². The Labute approximate surface area is 146 Å². The molecule has 24 heavy (non-hydrogen) atoms. The van der Waals surface area contributed by atoms with Crippen molar-refractivity contribution in [2.75, 3.05) is 19.6 Å². The van der Waals surface area contributed by atoms with Crippen LogP contribution in [0.25, 0.3) is 5.57 Å². The van der Waals surface area contributed by atoms with Gasteiger partial charge >= 0.3 is 0 Å². The standard InChI is InChI=1S/C23H27N/c1-4-17-8-11-19-21(14-17)23(18-9-6-16(3)7-10-18)20-12-13-24(5-2)15-22(19)20/h6-11,14,22H,4-5,12-13,15H2,1-3H3. The molecule has 1 aliphatic heterocycles. The molecule has 0 radical (unpaired) electrons. The molecule has 1 unspecified atom stereocenters. The van der Waals surface area contributed by atoms with Crippen LogP contribution in [0.15, 0.2) is 48.0 Å². The van der Waals surface area contributed by atoms with Crippen molar-refractivity contribution in [3.05, 3.63) is 75.9 Å². The van der Waals surface area contributed by atoms with Crippen LogP contribution in [-0.2, 0) is 6.42 Å². The summed E-state index contributed by atoms with van der Waals surface area (Å²) < 4.78 is 0. The number of piperidine rings is 1. The summed E-state index contributed by atoms with van der Waals surface area (Å²) in [6, 6.07) is 16.3. The lowest BCUT2D eigenvalue weighted by atomic mass is 9.89. The van der Waals surface area contributed by atoms with Crippen LogP contribution in [0.4, 0.5) is 0 Å². The van der Waals surface area contributed by atoms with Crippen LogP contribution in [0.1, 0.15) is 54.0 Å². The quantitative estimate of drug-likeness (QED) is 0.753. The lowest BCUT2D eigenvalue weighted by Gasteiger charge is -2.32. The van der Waals surface area contributed by atoms with E-state index in [0.29, 0.717) is 5.92 Å². The molecule has 2 aromatic rings. The largest absolute Gasteiger partial charge is 0.302 e. The summed E-state index contributed by atoms with van der Waals surface area (Å²) in [6.07, 6.45) is 2.31. The monoisotopic (exact) mass is 317 g/mol. The van der Waals surface area contributed by atoms with Gasteiger partial charge in [0.15, 0.2) is 0 Å². The van der Waals surface area contributed by atoms with Crippen LogP contribution in [0, 0.1) is 6.92 Å². The molecule has 0 bridgehead atoms. The topological polar surface area (TPSA) is 3.24 Å². The van der Waals surface area contributed by atoms with E-state index in [1.165, 1.54) is 47.3 Å². The van der Waals surface area contributed by atoms with Gasteiger partial charge in [0.2, 0.25) is 0 Å². The highest BCUT2D eigenvalue weighted by Gasteiger charge is 2.35. The number of rotatable bonds is 3. The highest BCUT2D eigenvalue weighted by atomic mass is 15.1. The Morgan fingerprint density at radius 1 is 1.04 bits per heavy atom. The zero-order chi connectivity index (χ0) is 16.7. The van der Waals surface area contributed by atoms with E-state index in [-0.39, 0.29) is 0 Å². The third-order valence-corrected chi connectivity index (χ3v) is 5.84. The average molecular weight is 317 g/mol. The van der Waals surface area contributed by atoms with E-state index in [2.05, 4.69) is 68.1 Å². The van der Waals surface area contributed by atoms with Crippen molar-refractivity contribution in [3.8, 4) is 0 Å². The van der Waals surface area contributed by atoms with Crippen LogP contribution in [0.2, 0.25) is 0 Å². The van der Waals surface area contributed by atoms with Crippen molar-refractivity contribution in [3.63, 3.8) is 0 Å². The minimum Gasteiger partial charge on any atom is -0.302 e. The highest BCUT2D eigenvalue weighted by molar-refractivity contribution is 5.89. The third kappa shape index (κ3) is 2.52. The molecular formula is C23H27N. The van der Waals surface area contributed by atoms with Crippen molar-refractivity contribution in [1.82, 2.24) is 4.90 Å². The molecule has 1 heteroatoms. The Bertz CT molecular complexity index is 782. The third-order valence-electron chi connectivity index (χ3n) is 5.84. The van der Waals surface area contributed by atoms with Crippen LogP contribution >= 0.6 is 0 Å². The van der Waals surface area contributed by atoms with E-state index >= 15 is 0 Å². The Morgan fingerprint density at radius 2 is 1.83 bits per heavy atom. The van der Waals surface area contributed by atoms with Gasteiger partial charge < -0.3 is 4.90 Å². The van der Waals surface area contributed by atoms with Gasteiger partial charge in [-0.3, -0.25) is 0 Å². The molecule has 0 amide bonds. The van der Waals surface area contributed by atoms with E-state index in [4.69, 9.17) is 0 Å². The van der Waals surface area contributed by atoms with Gasteiger partial charge in [0.25, 0.3) is 0 Å². The van der Waals surface area contributed by atoms with Gasteiger partial charge in [-0.1, -0.05) is 67.4 Å². The second kappa shape index (κ2) is 6.22. The molecule has 0 saturated carbocycles. The molecular weight excluding hydrogens is 290 g/mol. The van der Waals surface area contributed by atoms with Gasteiger partial charge in [-0.05, 0) is 54.1 Å². The van der Waals surface area contributed by atoms with Gasteiger partial charge in [-0.2, -0.15) is 0 Å². The summed E-state index contributed by atoms with van der Waals surface area (Å²) in [6.45, 7) is 10.2. The molecule has 1 aliphatic carbocycles. The number of nitrogens with zero attached hydrogens (tertiary/aromatic N) is 1. The number of likely N-dealkylation sites (N-methyl/N-ethyl adjacent to an activating group) is 1. The lowest BCUT2D eigenvalue weighted by molar-refractivity contribution is 0.254. The van der Waals surface area contributed by atoms with E-state index in [0.717, 1.165) is 13.0 Å². The van der Waals surface area contributed by atoms with Gasteiger partial charge in [0, 0.05) is 19.0 Å². The summed E-state index contributed by atoms with van der Waals surface area (Å²) in [4.78, 5) is 2.60. The number of likely N-dealkylation sites (tertiary alicyclic amines) is 1. The highest BCUT2D eigenvalue weighted by Crippen LogP contribution is 2.48. The first-order valence-corrected chi connectivity index (χ1v) is 9.37. The van der Waals surface area contributed by atoms with E-state index in [1.807, 2.05) is 0 Å². The van der Waals surface area contributed by atoms with E-state index in [1.54, 1.807) is 11.1 Å². The summed E-state index contributed by atoms with van der Waals surface area (Å²) in [7, 11) is 0. The zero-order valence-electron chi connectivity index (χ0n) is 15.1. The Morgan fingerprint density at radius 3 is 2.54 bits per heavy atom. The van der Waals surface area contributed by atoms with Crippen molar-refractivity contribution >= 4 is 5.57 Å². The fourth-order valence-corrected chi connectivity index (χ4v) is 4.36. The average Bonchev–Trinajstić information content (AvgIpc) is 2.95. The molecule has 1 atom stereocenters. The lowest BCUT2D eigenvalue weighted by Crippen LogP contribution is -2.34. The minimum absolute atomic E-state index is 0.593. The van der Waals surface area contributed by atoms with Gasteiger partial charge in [0.05, 0.1) is 0 Å². The van der Waals surface area contributed by atoms with Crippen LogP contribution in [0.5, 0.6) is 0 Å². The van der Waals surface area contributed by atoms with Gasteiger partial charge in [0.1, 0.15) is 0 Å². The number of hydrogen-bond donors (Lipinski definition) is 0. The molecule has 1 saturated heterocycles. The first-order chi connectivity index (χ1) is 11.7. The SMILES string of the molecule is CCc1ccc2c(c1)C(c1ccc(C)cc1)=C1CCN(CC)CC12. The zero-order valence-corrected chi connectivity index (χ0v) is 15.1. The van der Waals surface area contributed by atoms with Crippen molar-refractivity contribution < 1.29 is 0 Å². The smallest absolute Gasteiger partial charge is 0.0192 e. The molecule has 1 heterocycles. The Kier molecular flexibility index (Phi) is 4.05. The number of aryl methyl sites for hydroxylation is 2. The second-order valence-corrected chi connectivity index (χ2v) is 7.24. The van der Waals surface area contributed by atoms with Crippen LogP contribution < -0.4 is 0 Å². The maximum Gasteiger partial charge on any atom is 0.0192 e. The molecule has 124 valence electrons. The summed E-state index contributed by atoms with van der Waals surface area (Å²) in [5, 5.41) is 0. The molecule has 0 spiro atoms. The molecule has 1 nitrogen and oxygen atoms in total. The summed E-state index contributed by atoms with van der Waals surface area (Å²) >= 11 is 0. The summed E-state index contributed by atoms with van der Waals surface area (Å²) in [5.74, 6) is 0.593. The maximum absolute atomic E-state index is 2.60. The van der Waals surface area contributed by atoms with Gasteiger partial charge in [-0.25, -0.2) is 0 Å². The van der Waals surface area contributed by atoms with Crippen molar-refractivity contribution in [1.29, 1.82) is 0 Å². The number of fused-ring (bicyclic) bond motifs is 3. The Hall–Kier alpha value is -1.86. The molecule has 1 fully saturated rings. The minimum atomic E-state index is 0.593. The molecule has 2 aliphatic rings. The first-order valence-electron chi connectivity index (χ1n) is 9.37. The number of hydrogen-bond acceptors (Lipinski definition) is 1. The predicted molar refractivity (Wildman–Crippen MR) is 102 cm³/mol. The first kappa shape index (κ1) is 15.7. The van der Waals surface area contributed by atoms with E-state index < -0.39 is 0 Å². The predicted octanol–water partition coefficient (Wildman–Crippen LogP) is 5.18. The molecule has 0 aromatic heterocycles. The normalized spacial score (nSPS) is 20.2. The summed E-state index contributed by atoms with van der Waals surface area (Å²) in [5.41, 5.74) is 10.4. The fraction of sp³-hybridized carbons (Fsp3) is 0.391. The van der Waals surface area contributed by atoms with Crippen molar-refractivity contribution in [2.24, 2.45) is 0 Å². The van der Waals surface area contributed by atoms with Crippen LogP contribution in [0.3, 0.4) is 0 Å². The van der Waals surface area contributed by atoms with Crippen LogP contribution in [-0.4, -0.2) is 24.5 Å². The molecule has 0 N–H and O–H groups in total. The van der Waals surface area contributed by atoms with Gasteiger partial charge in [-0.15, -0.1) is 0 Å². The molecule has 4 rings (SSSR count). The second-order valence-electron chi connectivity index (χ2n) is 7.24.